The molecule has 15 heavy (non-hydrogen) atoms. The molecule has 4 nitrogen and oxygen atoms in total. The topological polar surface area (TPSA) is 33.7 Å². The van der Waals surface area contributed by atoms with Gasteiger partial charge in [-0.05, 0) is 13.8 Å². The highest BCUT2D eigenvalue weighted by Gasteiger charge is 2.08. The van der Waals surface area contributed by atoms with Gasteiger partial charge >= 0.3 is 0 Å². The molecule has 1 rings (SSSR count). The smallest absolute Gasteiger partial charge is 0.0594 e. The van der Waals surface area contributed by atoms with Gasteiger partial charge in [0.1, 0.15) is 0 Å². The van der Waals surface area contributed by atoms with Gasteiger partial charge in [0.2, 0.25) is 0 Å². The molecule has 90 valence electrons. The van der Waals surface area contributed by atoms with E-state index in [9.17, 15) is 0 Å². The second-order valence-electron chi connectivity index (χ2n) is 4.12. The molecule has 4 heteroatoms. The molecule has 1 aliphatic rings. The first-order chi connectivity index (χ1) is 7.29. The Balaban J connectivity index is 1.83. The van der Waals surface area contributed by atoms with E-state index >= 15 is 0 Å². The molecule has 0 saturated carbocycles. The summed E-state index contributed by atoms with van der Waals surface area (Å²) >= 11 is 0. The molecule has 0 amide bonds. The molecular weight excluding hydrogens is 192 g/mol. The standard InChI is InChI=1S/C11H24N2O2/c1-11(2)15-8-4-12-3-5-13-6-9-14-10-7-13/h11-12H,3-10H2,1-2H3. The summed E-state index contributed by atoms with van der Waals surface area (Å²) in [5.41, 5.74) is 0. The van der Waals surface area contributed by atoms with Crippen LogP contribution in [0.5, 0.6) is 0 Å². The molecule has 1 heterocycles. The van der Waals surface area contributed by atoms with E-state index in [0.717, 1.165) is 52.5 Å². The lowest BCUT2D eigenvalue weighted by Gasteiger charge is -2.26. The highest BCUT2D eigenvalue weighted by atomic mass is 16.5. The van der Waals surface area contributed by atoms with Gasteiger partial charge in [0.15, 0.2) is 0 Å². The van der Waals surface area contributed by atoms with E-state index in [2.05, 4.69) is 24.1 Å². The van der Waals surface area contributed by atoms with Crippen molar-refractivity contribution in [1.29, 1.82) is 0 Å². The van der Waals surface area contributed by atoms with Crippen molar-refractivity contribution in [3.05, 3.63) is 0 Å². The van der Waals surface area contributed by atoms with Crippen LogP contribution < -0.4 is 5.32 Å². The normalized spacial score (nSPS) is 18.6. The van der Waals surface area contributed by atoms with Gasteiger partial charge in [0.25, 0.3) is 0 Å². The van der Waals surface area contributed by atoms with Crippen LogP contribution in [0.3, 0.4) is 0 Å². The van der Waals surface area contributed by atoms with Crippen molar-refractivity contribution < 1.29 is 9.47 Å². The lowest BCUT2D eigenvalue weighted by molar-refractivity contribution is 0.0377. The molecule has 1 saturated heterocycles. The van der Waals surface area contributed by atoms with Gasteiger partial charge in [-0.15, -0.1) is 0 Å². The van der Waals surface area contributed by atoms with Crippen molar-refractivity contribution in [2.24, 2.45) is 0 Å². The zero-order valence-corrected chi connectivity index (χ0v) is 10.00. The summed E-state index contributed by atoms with van der Waals surface area (Å²) < 4.78 is 10.7. The second kappa shape index (κ2) is 8.05. The number of nitrogens with zero attached hydrogens (tertiary/aromatic N) is 1. The van der Waals surface area contributed by atoms with Crippen LogP contribution in [0.25, 0.3) is 0 Å². The monoisotopic (exact) mass is 216 g/mol. The first kappa shape index (κ1) is 12.9. The number of hydrogen-bond donors (Lipinski definition) is 1. The van der Waals surface area contributed by atoms with E-state index in [1.807, 2.05) is 0 Å². The van der Waals surface area contributed by atoms with Crippen molar-refractivity contribution in [1.82, 2.24) is 10.2 Å². The van der Waals surface area contributed by atoms with E-state index in [0.29, 0.717) is 6.10 Å². The molecule has 0 bridgehead atoms. The number of nitrogens with one attached hydrogen (secondary N) is 1. The Morgan fingerprint density at radius 3 is 2.67 bits per heavy atom. The first-order valence-corrected chi connectivity index (χ1v) is 5.91. The van der Waals surface area contributed by atoms with Crippen molar-refractivity contribution in [3.63, 3.8) is 0 Å². The van der Waals surface area contributed by atoms with Crippen LogP contribution in [0.2, 0.25) is 0 Å². The van der Waals surface area contributed by atoms with Gasteiger partial charge in [-0.2, -0.15) is 0 Å². The minimum atomic E-state index is 0.339. The fraction of sp³-hybridized carbons (Fsp3) is 1.00. The van der Waals surface area contributed by atoms with Gasteiger partial charge in [0, 0.05) is 32.7 Å². The molecule has 0 spiro atoms. The molecule has 1 fully saturated rings. The fourth-order valence-electron chi connectivity index (χ4n) is 1.55. The average molecular weight is 216 g/mol. The van der Waals surface area contributed by atoms with Crippen LogP contribution in [0.1, 0.15) is 13.8 Å². The molecule has 1 N–H and O–H groups in total. The summed E-state index contributed by atoms with van der Waals surface area (Å²) in [6, 6.07) is 0. The highest BCUT2D eigenvalue weighted by molar-refractivity contribution is 4.62. The first-order valence-electron chi connectivity index (χ1n) is 5.91. The van der Waals surface area contributed by atoms with Gasteiger partial charge < -0.3 is 14.8 Å². The highest BCUT2D eigenvalue weighted by Crippen LogP contribution is 1.94. The van der Waals surface area contributed by atoms with E-state index < -0.39 is 0 Å². The van der Waals surface area contributed by atoms with Crippen molar-refractivity contribution in [3.8, 4) is 0 Å². The number of hydrogen-bond acceptors (Lipinski definition) is 4. The van der Waals surface area contributed by atoms with Crippen LogP contribution in [0.4, 0.5) is 0 Å². The average Bonchev–Trinajstić information content (AvgIpc) is 2.24. The summed E-state index contributed by atoms with van der Waals surface area (Å²) in [7, 11) is 0. The zero-order valence-electron chi connectivity index (χ0n) is 10.00. The van der Waals surface area contributed by atoms with Crippen LogP contribution in [0, 0.1) is 0 Å². The number of ether oxygens (including phenoxy) is 2. The van der Waals surface area contributed by atoms with Crippen molar-refractivity contribution in [2.45, 2.75) is 20.0 Å². The quantitative estimate of drug-likeness (QED) is 0.622. The molecular formula is C11H24N2O2. The molecule has 0 radical (unpaired) electrons. The summed E-state index contributed by atoms with van der Waals surface area (Å²) in [5.74, 6) is 0. The maximum absolute atomic E-state index is 5.44. The third kappa shape index (κ3) is 6.84. The fourth-order valence-corrected chi connectivity index (χ4v) is 1.55. The minimum absolute atomic E-state index is 0.339. The molecule has 0 atom stereocenters. The van der Waals surface area contributed by atoms with Crippen LogP contribution >= 0.6 is 0 Å². The minimum Gasteiger partial charge on any atom is -0.379 e. The Kier molecular flexibility index (Phi) is 6.92. The maximum Gasteiger partial charge on any atom is 0.0594 e. The van der Waals surface area contributed by atoms with Gasteiger partial charge in [0.05, 0.1) is 25.9 Å². The largest absolute Gasteiger partial charge is 0.379 e. The predicted octanol–water partition coefficient (Wildman–Crippen LogP) is 0.333. The molecule has 0 aliphatic carbocycles. The Hall–Kier alpha value is -0.160. The molecule has 1 aliphatic heterocycles. The summed E-state index contributed by atoms with van der Waals surface area (Å²) in [6.45, 7) is 12.0. The summed E-state index contributed by atoms with van der Waals surface area (Å²) in [6.07, 6.45) is 0.339. The molecule has 0 aromatic heterocycles. The van der Waals surface area contributed by atoms with Gasteiger partial charge in [-0.25, -0.2) is 0 Å². The summed E-state index contributed by atoms with van der Waals surface area (Å²) in [4.78, 5) is 2.43. The molecule has 0 aromatic rings. The Bertz CT molecular complexity index is 148. The Labute approximate surface area is 92.9 Å². The third-order valence-electron chi connectivity index (χ3n) is 2.44. The summed E-state index contributed by atoms with van der Waals surface area (Å²) in [5, 5.41) is 3.38. The van der Waals surface area contributed by atoms with Crippen molar-refractivity contribution >= 4 is 0 Å². The maximum atomic E-state index is 5.44. The molecule has 0 aromatic carbocycles. The van der Waals surface area contributed by atoms with E-state index in [1.54, 1.807) is 0 Å². The third-order valence-corrected chi connectivity index (χ3v) is 2.44. The van der Waals surface area contributed by atoms with E-state index in [-0.39, 0.29) is 0 Å². The Morgan fingerprint density at radius 1 is 1.27 bits per heavy atom. The zero-order chi connectivity index (χ0) is 10.9. The van der Waals surface area contributed by atoms with Gasteiger partial charge in [-0.3, -0.25) is 4.90 Å². The van der Waals surface area contributed by atoms with Crippen LogP contribution in [-0.4, -0.2) is 63.5 Å². The van der Waals surface area contributed by atoms with E-state index in [4.69, 9.17) is 9.47 Å². The second-order valence-corrected chi connectivity index (χ2v) is 4.12. The van der Waals surface area contributed by atoms with Crippen molar-refractivity contribution in [2.75, 3.05) is 52.5 Å². The SMILES string of the molecule is CC(C)OCCNCCN1CCOCC1. The van der Waals surface area contributed by atoms with E-state index in [1.165, 1.54) is 0 Å². The number of rotatable bonds is 7. The van der Waals surface area contributed by atoms with Crippen LogP contribution in [0.15, 0.2) is 0 Å². The van der Waals surface area contributed by atoms with Crippen LogP contribution in [-0.2, 0) is 9.47 Å². The Morgan fingerprint density at radius 2 is 2.00 bits per heavy atom. The van der Waals surface area contributed by atoms with Gasteiger partial charge in [-0.1, -0.05) is 0 Å². The lowest BCUT2D eigenvalue weighted by Crippen LogP contribution is -2.40. The number of morpholine rings is 1. The molecule has 0 unspecified atom stereocenters. The lowest BCUT2D eigenvalue weighted by atomic mass is 10.4. The predicted molar refractivity (Wildman–Crippen MR) is 61.2 cm³/mol.